The number of Topliss-reactive ketones (excluding diaryl/α,β-unsaturated/α-hetero) is 1. The van der Waals surface area contributed by atoms with Gasteiger partial charge in [0.1, 0.15) is 0 Å². The van der Waals surface area contributed by atoms with Gasteiger partial charge in [0.15, 0.2) is 5.78 Å². The van der Waals surface area contributed by atoms with Crippen molar-refractivity contribution in [1.82, 2.24) is 4.90 Å². The van der Waals surface area contributed by atoms with Gasteiger partial charge in [-0.2, -0.15) is 0 Å². The minimum absolute atomic E-state index is 0.298. The number of rotatable bonds is 9. The van der Waals surface area contributed by atoms with E-state index in [1.807, 2.05) is 12.1 Å². The number of carbonyl (C=O) groups excluding carboxylic acids is 1. The fourth-order valence-electron chi connectivity index (χ4n) is 3.38. The Morgan fingerprint density at radius 1 is 0.957 bits per heavy atom. The standard InChI is InChI=1S/C21H33NO/c1-2-3-4-7-10-19-11-13-20(14-12-19)21(23)15-18-22-16-8-5-6-9-17-22/h11-14H,2-10,15-18H2,1H3. The van der Waals surface area contributed by atoms with Crippen LogP contribution < -0.4 is 0 Å². The van der Waals surface area contributed by atoms with Gasteiger partial charge in [0.05, 0.1) is 0 Å². The molecule has 128 valence electrons. The van der Waals surface area contributed by atoms with Gasteiger partial charge in [0.2, 0.25) is 0 Å². The molecule has 1 fully saturated rings. The zero-order chi connectivity index (χ0) is 16.3. The van der Waals surface area contributed by atoms with Crippen molar-refractivity contribution >= 4 is 5.78 Å². The molecule has 1 aromatic rings. The lowest BCUT2D eigenvalue weighted by atomic mass is 10.0. The predicted octanol–water partition coefficient (Wildman–Crippen LogP) is 5.26. The average Bonchev–Trinajstić information content (AvgIpc) is 2.86. The summed E-state index contributed by atoms with van der Waals surface area (Å²) in [5, 5.41) is 0. The number of carbonyl (C=O) groups is 1. The van der Waals surface area contributed by atoms with Gasteiger partial charge in [-0.25, -0.2) is 0 Å². The highest BCUT2D eigenvalue weighted by molar-refractivity contribution is 5.96. The molecule has 2 rings (SSSR count). The maximum atomic E-state index is 12.4. The minimum atomic E-state index is 0.298. The Bertz CT molecular complexity index is 443. The molecule has 2 heteroatoms. The summed E-state index contributed by atoms with van der Waals surface area (Å²) in [5.74, 6) is 0.298. The van der Waals surface area contributed by atoms with E-state index in [9.17, 15) is 4.79 Å². The Morgan fingerprint density at radius 2 is 1.65 bits per heavy atom. The van der Waals surface area contributed by atoms with Crippen LogP contribution in [0.2, 0.25) is 0 Å². The summed E-state index contributed by atoms with van der Waals surface area (Å²) < 4.78 is 0. The van der Waals surface area contributed by atoms with Crippen LogP contribution in [0.1, 0.15) is 80.6 Å². The zero-order valence-electron chi connectivity index (χ0n) is 14.9. The summed E-state index contributed by atoms with van der Waals surface area (Å²) in [7, 11) is 0. The van der Waals surface area contributed by atoms with Crippen LogP contribution in [0.15, 0.2) is 24.3 Å². The topological polar surface area (TPSA) is 20.3 Å². The normalized spacial score (nSPS) is 16.2. The number of aryl methyl sites for hydroxylation is 1. The first-order chi connectivity index (χ1) is 11.3. The van der Waals surface area contributed by atoms with E-state index in [0.717, 1.165) is 18.5 Å². The molecule has 1 aromatic carbocycles. The first-order valence-electron chi connectivity index (χ1n) is 9.64. The van der Waals surface area contributed by atoms with E-state index in [-0.39, 0.29) is 0 Å². The number of unbranched alkanes of at least 4 members (excludes halogenated alkanes) is 3. The lowest BCUT2D eigenvalue weighted by molar-refractivity contribution is 0.0965. The Balaban J connectivity index is 1.73. The highest BCUT2D eigenvalue weighted by Crippen LogP contribution is 2.13. The highest BCUT2D eigenvalue weighted by atomic mass is 16.1. The zero-order valence-corrected chi connectivity index (χ0v) is 14.9. The van der Waals surface area contributed by atoms with Gasteiger partial charge in [-0.3, -0.25) is 4.79 Å². The molecule has 1 saturated heterocycles. The monoisotopic (exact) mass is 315 g/mol. The van der Waals surface area contributed by atoms with E-state index in [2.05, 4.69) is 24.0 Å². The van der Waals surface area contributed by atoms with Crippen LogP contribution in [-0.4, -0.2) is 30.3 Å². The number of likely N-dealkylation sites (tertiary alicyclic amines) is 1. The Labute approximate surface area is 142 Å². The van der Waals surface area contributed by atoms with Crippen LogP contribution in [0.4, 0.5) is 0 Å². The first kappa shape index (κ1) is 18.2. The minimum Gasteiger partial charge on any atom is -0.303 e. The van der Waals surface area contributed by atoms with E-state index >= 15 is 0 Å². The van der Waals surface area contributed by atoms with Gasteiger partial charge in [-0.05, 0) is 44.3 Å². The van der Waals surface area contributed by atoms with Crippen molar-refractivity contribution in [2.45, 2.75) is 71.1 Å². The summed E-state index contributed by atoms with van der Waals surface area (Å²) in [6.45, 7) is 5.51. The fourth-order valence-corrected chi connectivity index (χ4v) is 3.38. The third kappa shape index (κ3) is 6.87. The Morgan fingerprint density at radius 3 is 2.30 bits per heavy atom. The molecule has 23 heavy (non-hydrogen) atoms. The van der Waals surface area contributed by atoms with E-state index in [1.165, 1.54) is 70.0 Å². The van der Waals surface area contributed by atoms with Crippen molar-refractivity contribution < 1.29 is 4.79 Å². The lowest BCUT2D eigenvalue weighted by Crippen LogP contribution is -2.27. The quantitative estimate of drug-likeness (QED) is 0.458. The molecule has 0 atom stereocenters. The maximum Gasteiger partial charge on any atom is 0.164 e. The van der Waals surface area contributed by atoms with Crippen LogP contribution >= 0.6 is 0 Å². The lowest BCUT2D eigenvalue weighted by Gasteiger charge is -2.19. The number of hydrogen-bond donors (Lipinski definition) is 0. The van der Waals surface area contributed by atoms with Crippen molar-refractivity contribution in [1.29, 1.82) is 0 Å². The van der Waals surface area contributed by atoms with Crippen LogP contribution in [0.3, 0.4) is 0 Å². The second-order valence-corrected chi connectivity index (χ2v) is 6.94. The van der Waals surface area contributed by atoms with Crippen molar-refractivity contribution in [3.63, 3.8) is 0 Å². The molecule has 0 N–H and O–H groups in total. The second-order valence-electron chi connectivity index (χ2n) is 6.94. The van der Waals surface area contributed by atoms with E-state index < -0.39 is 0 Å². The number of nitrogens with zero attached hydrogens (tertiary/aromatic N) is 1. The second kappa shape index (κ2) is 10.6. The molecular formula is C21H33NO. The molecule has 0 aromatic heterocycles. The smallest absolute Gasteiger partial charge is 0.164 e. The predicted molar refractivity (Wildman–Crippen MR) is 98.1 cm³/mol. The van der Waals surface area contributed by atoms with Crippen molar-refractivity contribution in [2.24, 2.45) is 0 Å². The average molecular weight is 316 g/mol. The summed E-state index contributed by atoms with van der Waals surface area (Å²) >= 11 is 0. The Hall–Kier alpha value is -1.15. The molecular weight excluding hydrogens is 282 g/mol. The van der Waals surface area contributed by atoms with Crippen LogP contribution in [-0.2, 0) is 6.42 Å². The molecule has 0 amide bonds. The van der Waals surface area contributed by atoms with Gasteiger partial charge in [-0.15, -0.1) is 0 Å². The SMILES string of the molecule is CCCCCCc1ccc(C(=O)CCN2CCCCCC2)cc1. The van der Waals surface area contributed by atoms with Crippen LogP contribution in [0, 0.1) is 0 Å². The van der Waals surface area contributed by atoms with Gasteiger partial charge >= 0.3 is 0 Å². The summed E-state index contributed by atoms with van der Waals surface area (Å²) in [4.78, 5) is 14.8. The molecule has 0 unspecified atom stereocenters. The molecule has 0 bridgehead atoms. The molecule has 1 heterocycles. The summed E-state index contributed by atoms with van der Waals surface area (Å²) in [6.07, 6.45) is 12.3. The van der Waals surface area contributed by atoms with Crippen molar-refractivity contribution in [3.8, 4) is 0 Å². The van der Waals surface area contributed by atoms with Crippen molar-refractivity contribution in [3.05, 3.63) is 35.4 Å². The molecule has 0 spiro atoms. The largest absolute Gasteiger partial charge is 0.303 e. The molecule has 2 nitrogen and oxygen atoms in total. The van der Waals surface area contributed by atoms with E-state index in [0.29, 0.717) is 12.2 Å². The van der Waals surface area contributed by atoms with Gasteiger partial charge in [-0.1, -0.05) is 63.3 Å². The number of benzene rings is 1. The summed E-state index contributed by atoms with van der Waals surface area (Å²) in [6, 6.07) is 8.34. The van der Waals surface area contributed by atoms with Crippen LogP contribution in [0.5, 0.6) is 0 Å². The maximum absolute atomic E-state index is 12.4. The van der Waals surface area contributed by atoms with Gasteiger partial charge < -0.3 is 4.90 Å². The third-order valence-corrected chi connectivity index (χ3v) is 4.95. The third-order valence-electron chi connectivity index (χ3n) is 4.95. The fraction of sp³-hybridized carbons (Fsp3) is 0.667. The number of ketones is 1. The first-order valence-corrected chi connectivity index (χ1v) is 9.64. The van der Waals surface area contributed by atoms with E-state index in [1.54, 1.807) is 0 Å². The van der Waals surface area contributed by atoms with Crippen molar-refractivity contribution in [2.75, 3.05) is 19.6 Å². The van der Waals surface area contributed by atoms with Crippen LogP contribution in [0.25, 0.3) is 0 Å². The number of hydrogen-bond acceptors (Lipinski definition) is 2. The molecule has 0 saturated carbocycles. The molecule has 1 aliphatic rings. The molecule has 0 aliphatic carbocycles. The Kier molecular flexibility index (Phi) is 8.38. The van der Waals surface area contributed by atoms with Gasteiger partial charge in [0, 0.05) is 18.5 Å². The highest BCUT2D eigenvalue weighted by Gasteiger charge is 2.12. The molecule has 0 radical (unpaired) electrons. The molecule has 1 aliphatic heterocycles. The van der Waals surface area contributed by atoms with Gasteiger partial charge in [0.25, 0.3) is 0 Å². The summed E-state index contributed by atoms with van der Waals surface area (Å²) in [5.41, 5.74) is 2.25. The van der Waals surface area contributed by atoms with E-state index in [4.69, 9.17) is 0 Å².